The molecule has 1 aliphatic rings. The Labute approximate surface area is 180 Å². The van der Waals surface area contributed by atoms with Crippen molar-refractivity contribution in [2.45, 2.75) is 26.7 Å². The molecular formula is C22H22N2O3S2. The molecule has 0 saturated carbocycles. The molecule has 0 bridgehead atoms. The Morgan fingerprint density at radius 2 is 2.00 bits per heavy atom. The number of nitrogens with one attached hydrogen (secondary N) is 1. The van der Waals surface area contributed by atoms with Crippen LogP contribution in [0.5, 0.6) is 5.75 Å². The maximum absolute atomic E-state index is 12.7. The van der Waals surface area contributed by atoms with Gasteiger partial charge < -0.3 is 4.74 Å². The number of ether oxygens (including phenoxy) is 1. The van der Waals surface area contributed by atoms with Gasteiger partial charge in [0.2, 0.25) is 0 Å². The number of carbonyl (C=O) groups is 2. The van der Waals surface area contributed by atoms with E-state index in [4.69, 9.17) is 17.0 Å². The van der Waals surface area contributed by atoms with Crippen LogP contribution in [-0.2, 0) is 4.79 Å². The van der Waals surface area contributed by atoms with Crippen LogP contribution in [0.4, 0.5) is 0 Å². The normalized spacial score (nSPS) is 15.1. The zero-order valence-electron chi connectivity index (χ0n) is 16.3. The first kappa shape index (κ1) is 21.1. The van der Waals surface area contributed by atoms with Gasteiger partial charge in [-0.05, 0) is 61.5 Å². The molecule has 0 aliphatic carbocycles. The Morgan fingerprint density at radius 3 is 2.72 bits per heavy atom. The summed E-state index contributed by atoms with van der Waals surface area (Å²) in [6.07, 6.45) is 3.81. The highest BCUT2D eigenvalue weighted by Gasteiger charge is 2.33. The van der Waals surface area contributed by atoms with Crippen LogP contribution in [0.25, 0.3) is 6.08 Å². The van der Waals surface area contributed by atoms with Crippen LogP contribution in [0.2, 0.25) is 0 Å². The molecule has 29 heavy (non-hydrogen) atoms. The zero-order valence-corrected chi connectivity index (χ0v) is 17.9. The lowest BCUT2D eigenvalue weighted by Crippen LogP contribution is -2.44. The van der Waals surface area contributed by atoms with E-state index in [0.29, 0.717) is 17.1 Å². The van der Waals surface area contributed by atoms with E-state index in [1.165, 1.54) is 0 Å². The maximum Gasteiger partial charge on any atom is 0.285 e. The largest absolute Gasteiger partial charge is 0.494 e. The maximum atomic E-state index is 12.7. The van der Waals surface area contributed by atoms with Crippen molar-refractivity contribution in [2.75, 3.05) is 6.61 Å². The third-order valence-electron chi connectivity index (χ3n) is 4.24. The van der Waals surface area contributed by atoms with Crippen molar-refractivity contribution < 1.29 is 14.3 Å². The number of nitrogens with zero attached hydrogens (tertiary/aromatic N) is 1. The minimum absolute atomic E-state index is 0.289. The number of unbranched alkanes of at least 4 members (excludes halogenated alkanes) is 1. The Morgan fingerprint density at radius 1 is 1.24 bits per heavy atom. The lowest BCUT2D eigenvalue weighted by Gasteiger charge is -2.15. The molecule has 1 aliphatic heterocycles. The molecule has 1 heterocycles. The topological polar surface area (TPSA) is 58.6 Å². The molecule has 2 aromatic carbocycles. The van der Waals surface area contributed by atoms with E-state index < -0.39 is 0 Å². The number of hydrogen-bond acceptors (Lipinski definition) is 5. The molecule has 1 saturated heterocycles. The minimum Gasteiger partial charge on any atom is -0.494 e. The highest BCUT2D eigenvalue weighted by Crippen LogP contribution is 2.32. The van der Waals surface area contributed by atoms with Gasteiger partial charge in [0.05, 0.1) is 11.5 Å². The predicted octanol–water partition coefficient (Wildman–Crippen LogP) is 4.72. The number of benzene rings is 2. The number of amides is 2. The lowest BCUT2D eigenvalue weighted by molar-refractivity contribution is -0.123. The Kier molecular flexibility index (Phi) is 7.06. The van der Waals surface area contributed by atoms with Crippen LogP contribution in [0.1, 0.15) is 41.3 Å². The molecule has 1 N–H and O–H groups in total. The average Bonchev–Trinajstić information content (AvgIpc) is 2.96. The summed E-state index contributed by atoms with van der Waals surface area (Å²) in [6, 6.07) is 14.7. The first-order chi connectivity index (χ1) is 14.0. The average molecular weight is 427 g/mol. The standard InChI is InChI=1S/C22H22N2O3S2/c1-3-4-12-27-18-7-5-6-16(13-18)14-19-21(26)24(22(28)29-19)23-20(25)17-10-8-15(2)9-11-17/h5-11,13-14H,3-4,12H2,1-2H3,(H,23,25)/b19-14+. The van der Waals surface area contributed by atoms with E-state index in [1.54, 1.807) is 18.2 Å². The second-order valence-electron chi connectivity index (χ2n) is 6.60. The van der Waals surface area contributed by atoms with E-state index in [0.717, 1.165) is 46.5 Å². The van der Waals surface area contributed by atoms with Crippen molar-refractivity contribution in [1.82, 2.24) is 10.4 Å². The number of thiocarbonyl (C=S) groups is 1. The van der Waals surface area contributed by atoms with E-state index in [1.807, 2.05) is 43.3 Å². The number of carbonyl (C=O) groups excluding carboxylic acids is 2. The molecule has 5 nitrogen and oxygen atoms in total. The Hall–Kier alpha value is -2.64. The predicted molar refractivity (Wildman–Crippen MR) is 121 cm³/mol. The number of thioether (sulfide) groups is 1. The van der Waals surface area contributed by atoms with Gasteiger partial charge in [0.1, 0.15) is 5.75 Å². The first-order valence-corrected chi connectivity index (χ1v) is 10.6. The molecule has 0 spiro atoms. The van der Waals surface area contributed by atoms with Crippen molar-refractivity contribution in [3.63, 3.8) is 0 Å². The molecule has 0 aromatic heterocycles. The van der Waals surface area contributed by atoms with Gasteiger partial charge in [0.15, 0.2) is 4.32 Å². The van der Waals surface area contributed by atoms with E-state index in [2.05, 4.69) is 12.3 Å². The van der Waals surface area contributed by atoms with Crippen LogP contribution in [0.15, 0.2) is 53.4 Å². The van der Waals surface area contributed by atoms with Gasteiger partial charge in [-0.1, -0.05) is 54.9 Å². The van der Waals surface area contributed by atoms with Crippen LogP contribution >= 0.6 is 24.0 Å². The molecular weight excluding hydrogens is 404 g/mol. The van der Waals surface area contributed by atoms with Crippen molar-refractivity contribution in [1.29, 1.82) is 0 Å². The Bertz CT molecular complexity index is 955. The molecule has 3 rings (SSSR count). The van der Waals surface area contributed by atoms with Crippen LogP contribution in [-0.4, -0.2) is 27.8 Å². The van der Waals surface area contributed by atoms with Gasteiger partial charge in [-0.15, -0.1) is 0 Å². The van der Waals surface area contributed by atoms with E-state index >= 15 is 0 Å². The van der Waals surface area contributed by atoms with Crippen molar-refractivity contribution in [3.05, 3.63) is 70.1 Å². The van der Waals surface area contributed by atoms with Gasteiger partial charge in [-0.25, -0.2) is 0 Å². The smallest absolute Gasteiger partial charge is 0.285 e. The highest BCUT2D eigenvalue weighted by molar-refractivity contribution is 8.26. The van der Waals surface area contributed by atoms with Crippen LogP contribution in [0.3, 0.4) is 0 Å². The Balaban J connectivity index is 1.70. The van der Waals surface area contributed by atoms with Gasteiger partial charge >= 0.3 is 0 Å². The summed E-state index contributed by atoms with van der Waals surface area (Å²) < 4.78 is 6.01. The summed E-state index contributed by atoms with van der Waals surface area (Å²) in [6.45, 7) is 4.71. The SMILES string of the molecule is CCCCOc1cccc(/C=C2/SC(=S)N(NC(=O)c3ccc(C)cc3)C2=O)c1. The number of hydrogen-bond donors (Lipinski definition) is 1. The van der Waals surface area contributed by atoms with Gasteiger partial charge in [0.25, 0.3) is 11.8 Å². The third kappa shape index (κ3) is 5.46. The summed E-state index contributed by atoms with van der Waals surface area (Å²) in [4.78, 5) is 25.6. The zero-order chi connectivity index (χ0) is 20.8. The van der Waals surface area contributed by atoms with Crippen molar-refractivity contribution >= 4 is 46.2 Å². The minimum atomic E-state index is -0.381. The molecule has 0 unspecified atom stereocenters. The summed E-state index contributed by atoms with van der Waals surface area (Å²) >= 11 is 6.44. The lowest BCUT2D eigenvalue weighted by atomic mass is 10.1. The van der Waals surface area contributed by atoms with Crippen molar-refractivity contribution in [3.8, 4) is 5.75 Å². The quantitative estimate of drug-likeness (QED) is 0.394. The molecule has 7 heteroatoms. The summed E-state index contributed by atoms with van der Waals surface area (Å²) in [5.41, 5.74) is 4.95. The van der Waals surface area contributed by atoms with Gasteiger partial charge in [0, 0.05) is 5.56 Å². The molecule has 2 amide bonds. The van der Waals surface area contributed by atoms with Crippen LogP contribution < -0.4 is 10.2 Å². The molecule has 0 radical (unpaired) electrons. The summed E-state index contributed by atoms with van der Waals surface area (Å²) in [5, 5.41) is 1.12. The second-order valence-corrected chi connectivity index (χ2v) is 8.27. The van der Waals surface area contributed by atoms with Crippen LogP contribution in [0, 0.1) is 6.92 Å². The number of aryl methyl sites for hydroxylation is 1. The monoisotopic (exact) mass is 426 g/mol. The number of rotatable bonds is 7. The molecule has 1 fully saturated rings. The summed E-state index contributed by atoms with van der Waals surface area (Å²) in [5.74, 6) is 0.0296. The third-order valence-corrected chi connectivity index (χ3v) is 5.55. The second kappa shape index (κ2) is 9.71. The summed E-state index contributed by atoms with van der Waals surface area (Å²) in [7, 11) is 0. The molecule has 0 atom stereocenters. The fourth-order valence-electron chi connectivity index (χ4n) is 2.61. The fraction of sp³-hybridized carbons (Fsp3) is 0.227. The van der Waals surface area contributed by atoms with E-state index in [-0.39, 0.29) is 16.1 Å². The molecule has 150 valence electrons. The van der Waals surface area contributed by atoms with Crippen molar-refractivity contribution in [2.24, 2.45) is 0 Å². The fourth-order valence-corrected chi connectivity index (χ4v) is 3.79. The van der Waals surface area contributed by atoms with Gasteiger partial charge in [-0.3, -0.25) is 15.0 Å². The molecule has 2 aromatic rings. The van der Waals surface area contributed by atoms with Gasteiger partial charge in [-0.2, -0.15) is 5.01 Å². The number of hydrazine groups is 1. The highest BCUT2D eigenvalue weighted by atomic mass is 32.2. The van der Waals surface area contributed by atoms with E-state index in [9.17, 15) is 9.59 Å². The first-order valence-electron chi connectivity index (χ1n) is 9.36.